The van der Waals surface area contributed by atoms with Crippen LogP contribution in [0.1, 0.15) is 12.5 Å². The smallest absolute Gasteiger partial charge is 0.122 e. The van der Waals surface area contributed by atoms with Gasteiger partial charge in [0.05, 0.1) is 13.2 Å². The number of hydrogen-bond acceptors (Lipinski definition) is 4. The van der Waals surface area contributed by atoms with Gasteiger partial charge in [0.1, 0.15) is 11.3 Å². The van der Waals surface area contributed by atoms with Crippen LogP contribution in [0, 0.1) is 11.3 Å². The summed E-state index contributed by atoms with van der Waals surface area (Å²) in [4.78, 5) is 2.09. The van der Waals surface area contributed by atoms with Gasteiger partial charge < -0.3 is 9.64 Å². The lowest BCUT2D eigenvalue weighted by Gasteiger charge is -2.25. The van der Waals surface area contributed by atoms with E-state index in [-0.39, 0.29) is 0 Å². The highest BCUT2D eigenvalue weighted by Gasteiger charge is 2.24. The first kappa shape index (κ1) is 15.5. The number of para-hydroxylation sites is 1. The Labute approximate surface area is 116 Å². The second-order valence-corrected chi connectivity index (χ2v) is 5.16. The van der Waals surface area contributed by atoms with E-state index < -0.39 is 5.54 Å². The quantitative estimate of drug-likeness (QED) is 0.811. The number of ether oxygens (including phenoxy) is 1. The molecule has 0 spiro atoms. The minimum atomic E-state index is -0.579. The maximum atomic E-state index is 9.41. The normalized spacial score (nSPS) is 13.9. The first-order valence-electron chi connectivity index (χ1n) is 6.43. The van der Waals surface area contributed by atoms with Crippen LogP contribution in [0.25, 0.3) is 0 Å². The predicted octanol–water partition coefficient (Wildman–Crippen LogP) is 1.67. The highest BCUT2D eigenvalue weighted by atomic mass is 16.5. The molecule has 0 aliphatic heterocycles. The van der Waals surface area contributed by atoms with Crippen molar-refractivity contribution in [1.82, 2.24) is 10.2 Å². The van der Waals surface area contributed by atoms with E-state index in [1.807, 2.05) is 45.3 Å². The molecule has 1 unspecified atom stereocenters. The van der Waals surface area contributed by atoms with Crippen LogP contribution >= 0.6 is 0 Å². The van der Waals surface area contributed by atoms with E-state index in [2.05, 4.69) is 16.3 Å². The maximum Gasteiger partial charge on any atom is 0.122 e. The minimum Gasteiger partial charge on any atom is -0.496 e. The SMILES string of the molecule is COc1ccccc1CC(C)(C#N)NCCN(C)C. The van der Waals surface area contributed by atoms with E-state index in [9.17, 15) is 5.26 Å². The lowest BCUT2D eigenvalue weighted by Crippen LogP contribution is -2.45. The number of methoxy groups -OCH3 is 1. The molecule has 0 aliphatic rings. The van der Waals surface area contributed by atoms with Crippen molar-refractivity contribution in [3.63, 3.8) is 0 Å². The number of nitriles is 1. The van der Waals surface area contributed by atoms with Crippen LogP contribution < -0.4 is 10.1 Å². The van der Waals surface area contributed by atoms with E-state index in [0.717, 1.165) is 24.4 Å². The zero-order valence-electron chi connectivity index (χ0n) is 12.2. The molecule has 1 aromatic rings. The molecule has 1 rings (SSSR count). The molecule has 0 radical (unpaired) electrons. The summed E-state index contributed by atoms with van der Waals surface area (Å²) in [7, 11) is 5.69. The molecule has 4 heteroatoms. The van der Waals surface area contributed by atoms with E-state index in [1.165, 1.54) is 0 Å². The molecular weight excluding hydrogens is 238 g/mol. The van der Waals surface area contributed by atoms with Gasteiger partial charge in [-0.1, -0.05) is 18.2 Å². The van der Waals surface area contributed by atoms with E-state index >= 15 is 0 Å². The number of nitrogens with zero attached hydrogens (tertiary/aromatic N) is 2. The fourth-order valence-electron chi connectivity index (χ4n) is 1.93. The van der Waals surface area contributed by atoms with Crippen molar-refractivity contribution in [2.45, 2.75) is 18.9 Å². The first-order valence-corrected chi connectivity index (χ1v) is 6.43. The molecule has 1 N–H and O–H groups in total. The second-order valence-electron chi connectivity index (χ2n) is 5.16. The van der Waals surface area contributed by atoms with Gasteiger partial charge in [-0.05, 0) is 32.6 Å². The fourth-order valence-corrected chi connectivity index (χ4v) is 1.93. The molecular formula is C15H23N3O. The standard InChI is InChI=1S/C15H23N3O/c1-15(12-16,17-9-10-18(2)3)11-13-7-5-6-8-14(13)19-4/h5-8,17H,9-11H2,1-4H3. The fraction of sp³-hybridized carbons (Fsp3) is 0.533. The van der Waals surface area contributed by atoms with Gasteiger partial charge in [0.15, 0.2) is 0 Å². The van der Waals surface area contributed by atoms with Gasteiger partial charge in [0, 0.05) is 19.5 Å². The van der Waals surface area contributed by atoms with Crippen LogP contribution in [0.5, 0.6) is 5.75 Å². The summed E-state index contributed by atoms with van der Waals surface area (Å²) in [5.41, 5.74) is 0.469. The molecule has 0 fully saturated rings. The topological polar surface area (TPSA) is 48.3 Å². The van der Waals surface area contributed by atoms with Crippen molar-refractivity contribution >= 4 is 0 Å². The Morgan fingerprint density at radius 3 is 2.63 bits per heavy atom. The van der Waals surface area contributed by atoms with E-state index in [1.54, 1.807) is 7.11 Å². The first-order chi connectivity index (χ1) is 9.00. The Bertz CT molecular complexity index is 439. The molecule has 1 atom stereocenters. The van der Waals surface area contributed by atoms with Gasteiger partial charge in [-0.15, -0.1) is 0 Å². The molecule has 0 saturated carbocycles. The lowest BCUT2D eigenvalue weighted by molar-refractivity contribution is 0.357. The van der Waals surface area contributed by atoms with Crippen molar-refractivity contribution in [3.8, 4) is 11.8 Å². The average molecular weight is 261 g/mol. The van der Waals surface area contributed by atoms with Gasteiger partial charge in [0.25, 0.3) is 0 Å². The number of rotatable bonds is 7. The van der Waals surface area contributed by atoms with Crippen LogP contribution in [-0.4, -0.2) is 44.7 Å². The van der Waals surface area contributed by atoms with Crippen LogP contribution in [0.3, 0.4) is 0 Å². The molecule has 0 bridgehead atoms. The van der Waals surface area contributed by atoms with Crippen molar-refractivity contribution < 1.29 is 4.74 Å². The molecule has 1 aromatic carbocycles. The Morgan fingerprint density at radius 1 is 1.37 bits per heavy atom. The van der Waals surface area contributed by atoms with Crippen LogP contribution in [0.2, 0.25) is 0 Å². The zero-order valence-corrected chi connectivity index (χ0v) is 12.2. The predicted molar refractivity (Wildman–Crippen MR) is 77.3 cm³/mol. The average Bonchev–Trinajstić information content (AvgIpc) is 2.39. The van der Waals surface area contributed by atoms with Gasteiger partial charge in [-0.3, -0.25) is 5.32 Å². The van der Waals surface area contributed by atoms with E-state index in [0.29, 0.717) is 6.42 Å². The third kappa shape index (κ3) is 4.90. The monoisotopic (exact) mass is 261 g/mol. The van der Waals surface area contributed by atoms with Gasteiger partial charge in [0.2, 0.25) is 0 Å². The maximum absolute atomic E-state index is 9.41. The van der Waals surface area contributed by atoms with Crippen LogP contribution in [-0.2, 0) is 6.42 Å². The number of hydrogen-bond donors (Lipinski definition) is 1. The summed E-state index contributed by atoms with van der Waals surface area (Å²) in [5, 5.41) is 12.7. The van der Waals surface area contributed by atoms with Crippen molar-refractivity contribution in [3.05, 3.63) is 29.8 Å². The molecule has 19 heavy (non-hydrogen) atoms. The van der Waals surface area contributed by atoms with Crippen LogP contribution in [0.15, 0.2) is 24.3 Å². The molecule has 0 amide bonds. The van der Waals surface area contributed by atoms with Crippen LogP contribution in [0.4, 0.5) is 0 Å². The Hall–Kier alpha value is -1.57. The Kier molecular flexibility index (Phi) is 5.81. The third-order valence-corrected chi connectivity index (χ3v) is 3.06. The van der Waals surface area contributed by atoms with Gasteiger partial charge >= 0.3 is 0 Å². The number of benzene rings is 1. The summed E-state index contributed by atoms with van der Waals surface area (Å²) in [6.07, 6.45) is 0.626. The highest BCUT2D eigenvalue weighted by molar-refractivity contribution is 5.35. The zero-order chi connectivity index (χ0) is 14.3. The van der Waals surface area contributed by atoms with Crippen molar-refractivity contribution in [2.75, 3.05) is 34.3 Å². The van der Waals surface area contributed by atoms with Gasteiger partial charge in [-0.25, -0.2) is 0 Å². The highest BCUT2D eigenvalue weighted by Crippen LogP contribution is 2.22. The Morgan fingerprint density at radius 2 is 2.05 bits per heavy atom. The molecule has 104 valence electrons. The summed E-state index contributed by atoms with van der Waals surface area (Å²) in [5.74, 6) is 0.832. The molecule has 0 aromatic heterocycles. The number of likely N-dealkylation sites (N-methyl/N-ethyl adjacent to an activating group) is 1. The molecule has 0 aliphatic carbocycles. The molecule has 4 nitrogen and oxygen atoms in total. The van der Waals surface area contributed by atoms with Crippen molar-refractivity contribution in [2.24, 2.45) is 0 Å². The minimum absolute atomic E-state index is 0.579. The lowest BCUT2D eigenvalue weighted by atomic mass is 9.93. The molecule has 0 saturated heterocycles. The third-order valence-electron chi connectivity index (χ3n) is 3.06. The summed E-state index contributed by atoms with van der Waals surface area (Å²) < 4.78 is 5.33. The Balaban J connectivity index is 2.72. The molecule has 0 heterocycles. The van der Waals surface area contributed by atoms with Gasteiger partial charge in [-0.2, -0.15) is 5.26 Å². The second kappa shape index (κ2) is 7.13. The largest absolute Gasteiger partial charge is 0.496 e. The van der Waals surface area contributed by atoms with E-state index in [4.69, 9.17) is 4.74 Å². The summed E-state index contributed by atoms with van der Waals surface area (Å²) >= 11 is 0. The van der Waals surface area contributed by atoms with Crippen molar-refractivity contribution in [1.29, 1.82) is 5.26 Å². The summed E-state index contributed by atoms with van der Waals surface area (Å²) in [6.45, 7) is 3.62. The number of nitrogens with one attached hydrogen (secondary N) is 1. The summed E-state index contributed by atoms with van der Waals surface area (Å²) in [6, 6.07) is 10.2.